The third-order valence-corrected chi connectivity index (χ3v) is 3.82. The molecule has 0 spiro atoms. The van der Waals surface area contributed by atoms with Crippen LogP contribution in [0.25, 0.3) is 11.7 Å². The zero-order valence-electron chi connectivity index (χ0n) is 10.1. The molecule has 8 heteroatoms. The van der Waals surface area contributed by atoms with Crippen LogP contribution in [-0.2, 0) is 5.75 Å². The summed E-state index contributed by atoms with van der Waals surface area (Å²) >= 11 is 4.66. The first-order valence-corrected chi connectivity index (χ1v) is 7.41. The molecule has 0 aliphatic heterocycles. The Labute approximate surface area is 126 Å². The second kappa shape index (κ2) is 5.68. The Balaban J connectivity index is 1.70. The summed E-state index contributed by atoms with van der Waals surface area (Å²) in [6.07, 6.45) is 1.69. The van der Waals surface area contributed by atoms with Crippen LogP contribution in [0.2, 0.25) is 0 Å². The molecule has 3 aromatic heterocycles. The monoisotopic (exact) mass is 352 g/mol. The predicted octanol–water partition coefficient (Wildman–Crippen LogP) is 3.36. The number of hydrogen-bond donors (Lipinski definition) is 1. The van der Waals surface area contributed by atoms with Gasteiger partial charge in [0, 0.05) is 6.20 Å². The van der Waals surface area contributed by atoms with Crippen molar-refractivity contribution in [3.63, 3.8) is 0 Å². The molecule has 0 bridgehead atoms. The highest BCUT2D eigenvalue weighted by Crippen LogP contribution is 2.27. The van der Waals surface area contributed by atoms with Crippen LogP contribution in [0.15, 0.2) is 49.0 Å². The van der Waals surface area contributed by atoms with Crippen molar-refractivity contribution in [1.29, 1.82) is 0 Å². The number of pyridine rings is 1. The minimum absolute atomic E-state index is 0.347. The summed E-state index contributed by atoms with van der Waals surface area (Å²) in [5.41, 5.74) is 6.45. The highest BCUT2D eigenvalue weighted by molar-refractivity contribution is 9.10. The molecule has 102 valence electrons. The molecule has 0 unspecified atom stereocenters. The molecule has 0 fully saturated rings. The molecule has 3 heterocycles. The lowest BCUT2D eigenvalue weighted by atomic mass is 10.4. The van der Waals surface area contributed by atoms with Gasteiger partial charge in [0.1, 0.15) is 5.03 Å². The molecule has 0 saturated heterocycles. The number of rotatable bonds is 4. The summed E-state index contributed by atoms with van der Waals surface area (Å²) in [5, 5.41) is 8.65. The molecule has 2 N–H and O–H groups in total. The van der Waals surface area contributed by atoms with Gasteiger partial charge in [0.15, 0.2) is 10.4 Å². The van der Waals surface area contributed by atoms with Gasteiger partial charge in [-0.05, 0) is 40.2 Å². The van der Waals surface area contributed by atoms with Crippen LogP contribution in [-0.4, -0.2) is 15.2 Å². The average molecular weight is 353 g/mol. The lowest BCUT2D eigenvalue weighted by Crippen LogP contribution is -1.91. The summed E-state index contributed by atoms with van der Waals surface area (Å²) in [4.78, 5) is 4.19. The second-order valence-corrected chi connectivity index (χ2v) is 5.54. The number of thioether (sulfide) groups is 1. The van der Waals surface area contributed by atoms with E-state index in [1.807, 2.05) is 0 Å². The topological polar surface area (TPSA) is 91.0 Å². The summed E-state index contributed by atoms with van der Waals surface area (Å²) in [6, 6.07) is 7.11. The molecule has 0 aromatic carbocycles. The van der Waals surface area contributed by atoms with Crippen molar-refractivity contribution in [2.45, 2.75) is 10.8 Å². The van der Waals surface area contributed by atoms with Crippen molar-refractivity contribution < 1.29 is 8.83 Å². The first-order chi connectivity index (χ1) is 9.72. The Hall–Kier alpha value is -1.80. The van der Waals surface area contributed by atoms with Crippen LogP contribution in [0.5, 0.6) is 0 Å². The Morgan fingerprint density at radius 3 is 2.85 bits per heavy atom. The number of nitrogens with two attached hydrogens (primary N) is 1. The van der Waals surface area contributed by atoms with Crippen molar-refractivity contribution in [3.05, 3.63) is 41.0 Å². The zero-order valence-corrected chi connectivity index (χ0v) is 12.5. The Kier molecular flexibility index (Phi) is 3.75. The van der Waals surface area contributed by atoms with Crippen molar-refractivity contribution in [1.82, 2.24) is 15.2 Å². The Morgan fingerprint density at radius 2 is 2.10 bits per heavy atom. The molecule has 3 aromatic rings. The van der Waals surface area contributed by atoms with E-state index in [9.17, 15) is 0 Å². The van der Waals surface area contributed by atoms with Gasteiger partial charge in [0.05, 0.1) is 11.4 Å². The molecule has 0 saturated carbocycles. The first-order valence-electron chi connectivity index (χ1n) is 5.64. The van der Waals surface area contributed by atoms with Crippen LogP contribution < -0.4 is 5.73 Å². The van der Waals surface area contributed by atoms with E-state index in [0.29, 0.717) is 33.7 Å². The van der Waals surface area contributed by atoms with Crippen molar-refractivity contribution in [2.75, 3.05) is 5.73 Å². The fraction of sp³-hybridized carbons (Fsp3) is 0.0833. The molecular formula is C12H9BrN4O2S. The number of halogens is 1. The number of furan rings is 1. The molecular weight excluding hydrogens is 344 g/mol. The number of aromatic nitrogens is 3. The van der Waals surface area contributed by atoms with Gasteiger partial charge in [-0.25, -0.2) is 4.98 Å². The van der Waals surface area contributed by atoms with Gasteiger partial charge in [-0.3, -0.25) is 0 Å². The summed E-state index contributed by atoms with van der Waals surface area (Å²) < 4.78 is 11.5. The molecule has 0 amide bonds. The highest BCUT2D eigenvalue weighted by atomic mass is 79.9. The van der Waals surface area contributed by atoms with Crippen LogP contribution in [0, 0.1) is 0 Å². The Morgan fingerprint density at radius 1 is 1.20 bits per heavy atom. The largest absolute Gasteiger partial charge is 0.444 e. The third-order valence-electron chi connectivity index (χ3n) is 2.38. The standard InChI is InChI=1S/C12H9BrN4O2S/c13-9-4-3-8(18-9)11-17-16-10(19-11)6-20-12-7(14)2-1-5-15-12/h1-5H,6,14H2. The number of hydrogen-bond acceptors (Lipinski definition) is 7. The number of nitrogen functional groups attached to an aromatic ring is 1. The predicted molar refractivity (Wildman–Crippen MR) is 77.9 cm³/mol. The normalized spacial score (nSPS) is 10.8. The minimum atomic E-state index is 0.347. The average Bonchev–Trinajstić information content (AvgIpc) is 3.06. The summed E-state index contributed by atoms with van der Waals surface area (Å²) in [5.74, 6) is 1.86. The van der Waals surface area contributed by atoms with E-state index in [0.717, 1.165) is 5.03 Å². The maximum Gasteiger partial charge on any atom is 0.283 e. The smallest absolute Gasteiger partial charge is 0.283 e. The number of anilines is 1. The van der Waals surface area contributed by atoms with Gasteiger partial charge >= 0.3 is 0 Å². The molecule has 0 aliphatic rings. The van der Waals surface area contributed by atoms with Crippen molar-refractivity contribution >= 4 is 33.4 Å². The van der Waals surface area contributed by atoms with Gasteiger partial charge in [0.25, 0.3) is 5.89 Å². The van der Waals surface area contributed by atoms with E-state index in [4.69, 9.17) is 14.6 Å². The SMILES string of the molecule is Nc1cccnc1SCc1nnc(-c2ccc(Br)o2)o1. The Bertz CT molecular complexity index is 728. The second-order valence-electron chi connectivity index (χ2n) is 3.79. The van der Waals surface area contributed by atoms with Gasteiger partial charge in [-0.15, -0.1) is 10.2 Å². The molecule has 0 radical (unpaired) electrons. The van der Waals surface area contributed by atoms with Gasteiger partial charge in [-0.2, -0.15) is 0 Å². The minimum Gasteiger partial charge on any atom is -0.444 e. The summed E-state index contributed by atoms with van der Waals surface area (Å²) in [6.45, 7) is 0. The summed E-state index contributed by atoms with van der Waals surface area (Å²) in [7, 11) is 0. The lowest BCUT2D eigenvalue weighted by molar-refractivity contribution is 0.486. The third kappa shape index (κ3) is 2.86. The zero-order chi connectivity index (χ0) is 13.9. The van der Waals surface area contributed by atoms with Crippen LogP contribution in [0.3, 0.4) is 0 Å². The van der Waals surface area contributed by atoms with Crippen LogP contribution >= 0.6 is 27.7 Å². The van der Waals surface area contributed by atoms with E-state index in [-0.39, 0.29) is 0 Å². The maximum absolute atomic E-state index is 5.81. The highest BCUT2D eigenvalue weighted by Gasteiger charge is 2.13. The van der Waals surface area contributed by atoms with Gasteiger partial charge in [0.2, 0.25) is 5.89 Å². The van der Waals surface area contributed by atoms with E-state index in [2.05, 4.69) is 31.1 Å². The van der Waals surface area contributed by atoms with Crippen LogP contribution in [0.4, 0.5) is 5.69 Å². The number of nitrogens with zero attached hydrogens (tertiary/aromatic N) is 3. The maximum atomic E-state index is 5.81. The van der Waals surface area contributed by atoms with Gasteiger partial charge < -0.3 is 14.6 Å². The molecule has 20 heavy (non-hydrogen) atoms. The fourth-order valence-electron chi connectivity index (χ4n) is 1.49. The van der Waals surface area contributed by atoms with E-state index < -0.39 is 0 Å². The van der Waals surface area contributed by atoms with Crippen molar-refractivity contribution in [2.24, 2.45) is 0 Å². The first kappa shape index (κ1) is 13.2. The van der Waals surface area contributed by atoms with E-state index in [1.54, 1.807) is 30.5 Å². The molecule has 6 nitrogen and oxygen atoms in total. The molecule has 0 atom stereocenters. The molecule has 0 aliphatic carbocycles. The lowest BCUT2D eigenvalue weighted by Gasteiger charge is -2.00. The van der Waals surface area contributed by atoms with Crippen molar-refractivity contribution in [3.8, 4) is 11.7 Å². The molecule has 3 rings (SSSR count). The van der Waals surface area contributed by atoms with Crippen LogP contribution in [0.1, 0.15) is 5.89 Å². The quantitative estimate of drug-likeness (QED) is 0.719. The fourth-order valence-corrected chi connectivity index (χ4v) is 2.55. The van der Waals surface area contributed by atoms with Gasteiger partial charge in [-0.1, -0.05) is 11.8 Å². The van der Waals surface area contributed by atoms with E-state index in [1.165, 1.54) is 11.8 Å². The van der Waals surface area contributed by atoms with E-state index >= 15 is 0 Å².